The fourth-order valence-electron chi connectivity index (χ4n) is 1.09. The molecule has 6 heteroatoms. The van der Waals surface area contributed by atoms with Crippen LogP contribution in [0.2, 0.25) is 0 Å². The summed E-state index contributed by atoms with van der Waals surface area (Å²) in [5.74, 6) is -3.08. The highest BCUT2D eigenvalue weighted by atomic mass is 35.5. The summed E-state index contributed by atoms with van der Waals surface area (Å²) >= 11 is 5.72. The normalized spacial score (nSPS) is 28.4. The highest BCUT2D eigenvalue weighted by Crippen LogP contribution is 2.56. The Morgan fingerprint density at radius 2 is 2.42 bits per heavy atom. The minimum Gasteiger partial charge on any atom is -0.262 e. The summed E-state index contributed by atoms with van der Waals surface area (Å²) in [4.78, 5) is 3.71. The van der Waals surface area contributed by atoms with Gasteiger partial charge in [-0.3, -0.25) is 5.10 Å². The van der Waals surface area contributed by atoms with Crippen LogP contribution < -0.4 is 0 Å². The lowest BCUT2D eigenvalue weighted by Crippen LogP contribution is -2.02. The first-order valence-corrected chi connectivity index (χ1v) is 3.92. The molecular weight excluding hydrogens is 188 g/mol. The van der Waals surface area contributed by atoms with E-state index in [1.165, 1.54) is 6.33 Å². The predicted molar refractivity (Wildman–Crippen MR) is 38.0 cm³/mol. The third-order valence-corrected chi connectivity index (χ3v) is 2.43. The smallest absolute Gasteiger partial charge is 0.253 e. The molecule has 1 saturated carbocycles. The number of rotatable bonds is 2. The molecule has 1 aliphatic rings. The Hall–Kier alpha value is -0.710. The molecule has 0 bridgehead atoms. The molecule has 0 aromatic carbocycles. The second-order valence-corrected chi connectivity index (χ2v) is 3.31. The summed E-state index contributed by atoms with van der Waals surface area (Å²) < 4.78 is 25.0. The van der Waals surface area contributed by atoms with E-state index in [2.05, 4.69) is 15.2 Å². The van der Waals surface area contributed by atoms with E-state index >= 15 is 0 Å². The van der Waals surface area contributed by atoms with Gasteiger partial charge in [0.2, 0.25) is 0 Å². The van der Waals surface area contributed by atoms with E-state index in [0.29, 0.717) is 5.82 Å². The van der Waals surface area contributed by atoms with Crippen molar-refractivity contribution in [3.63, 3.8) is 0 Å². The number of halogens is 3. The lowest BCUT2D eigenvalue weighted by Gasteiger charge is -2.02. The van der Waals surface area contributed by atoms with Crippen LogP contribution in [-0.2, 0) is 0 Å². The van der Waals surface area contributed by atoms with Crippen LogP contribution in [0.4, 0.5) is 8.78 Å². The molecule has 0 amide bonds. The zero-order chi connectivity index (χ0) is 8.77. The largest absolute Gasteiger partial charge is 0.262 e. The molecule has 0 radical (unpaired) electrons. The Bertz CT molecular complexity index is 274. The van der Waals surface area contributed by atoms with E-state index in [-0.39, 0.29) is 6.42 Å². The molecule has 0 saturated heterocycles. The SMILES string of the molecule is FC1(F)C[C@@H]1C(Cl)c1ncn[nH]1. The van der Waals surface area contributed by atoms with Crippen molar-refractivity contribution >= 4 is 11.6 Å². The third-order valence-electron chi connectivity index (χ3n) is 1.92. The molecule has 1 aromatic heterocycles. The molecule has 1 unspecified atom stereocenters. The predicted octanol–water partition coefficient (Wildman–Crippen LogP) is 1.74. The van der Waals surface area contributed by atoms with Crippen LogP contribution in [0.5, 0.6) is 0 Å². The number of nitrogens with zero attached hydrogens (tertiary/aromatic N) is 2. The zero-order valence-corrected chi connectivity index (χ0v) is 6.72. The maximum absolute atomic E-state index is 12.5. The van der Waals surface area contributed by atoms with Gasteiger partial charge in [-0.25, -0.2) is 13.8 Å². The second kappa shape index (κ2) is 2.39. The van der Waals surface area contributed by atoms with Gasteiger partial charge in [0.15, 0.2) is 0 Å². The number of aromatic amines is 1. The lowest BCUT2D eigenvalue weighted by atomic mass is 10.3. The summed E-state index contributed by atoms with van der Waals surface area (Å²) in [6.45, 7) is 0. The van der Waals surface area contributed by atoms with Crippen molar-refractivity contribution in [1.82, 2.24) is 15.2 Å². The van der Waals surface area contributed by atoms with Gasteiger partial charge < -0.3 is 0 Å². The Kier molecular flexibility index (Phi) is 1.57. The summed E-state index contributed by atoms with van der Waals surface area (Å²) in [5.41, 5.74) is 0. The number of H-pyrrole nitrogens is 1. The van der Waals surface area contributed by atoms with Crippen LogP contribution in [0.25, 0.3) is 0 Å². The third kappa shape index (κ3) is 1.18. The van der Waals surface area contributed by atoms with Crippen molar-refractivity contribution in [2.24, 2.45) is 5.92 Å². The van der Waals surface area contributed by atoms with E-state index in [0.717, 1.165) is 0 Å². The van der Waals surface area contributed by atoms with Gasteiger partial charge in [0, 0.05) is 6.42 Å². The number of alkyl halides is 3. The van der Waals surface area contributed by atoms with Gasteiger partial charge >= 0.3 is 0 Å². The molecule has 2 rings (SSSR count). The summed E-state index contributed by atoms with van der Waals surface area (Å²) in [7, 11) is 0. The summed E-state index contributed by atoms with van der Waals surface area (Å²) in [6, 6.07) is 0. The van der Waals surface area contributed by atoms with Crippen LogP contribution in [0.3, 0.4) is 0 Å². The zero-order valence-electron chi connectivity index (χ0n) is 5.97. The Morgan fingerprint density at radius 3 is 2.83 bits per heavy atom. The van der Waals surface area contributed by atoms with Crippen molar-refractivity contribution < 1.29 is 8.78 Å². The molecule has 1 heterocycles. The maximum atomic E-state index is 12.5. The highest BCUT2D eigenvalue weighted by molar-refractivity contribution is 6.20. The molecule has 0 spiro atoms. The van der Waals surface area contributed by atoms with Crippen molar-refractivity contribution in [3.05, 3.63) is 12.2 Å². The number of nitrogens with one attached hydrogen (secondary N) is 1. The topological polar surface area (TPSA) is 41.6 Å². The van der Waals surface area contributed by atoms with Crippen LogP contribution >= 0.6 is 11.6 Å². The first-order valence-electron chi connectivity index (χ1n) is 3.48. The van der Waals surface area contributed by atoms with Crippen molar-refractivity contribution in [2.75, 3.05) is 0 Å². The molecule has 1 aliphatic carbocycles. The van der Waals surface area contributed by atoms with Crippen molar-refractivity contribution in [1.29, 1.82) is 0 Å². The van der Waals surface area contributed by atoms with Gasteiger partial charge in [0.25, 0.3) is 5.92 Å². The van der Waals surface area contributed by atoms with Crippen LogP contribution in [0.15, 0.2) is 6.33 Å². The van der Waals surface area contributed by atoms with E-state index in [1.54, 1.807) is 0 Å². The lowest BCUT2D eigenvalue weighted by molar-refractivity contribution is 0.0974. The molecule has 12 heavy (non-hydrogen) atoms. The molecule has 1 aromatic rings. The fraction of sp³-hybridized carbons (Fsp3) is 0.667. The highest BCUT2D eigenvalue weighted by Gasteiger charge is 2.61. The van der Waals surface area contributed by atoms with E-state index in [1.807, 2.05) is 0 Å². The van der Waals surface area contributed by atoms with Crippen molar-refractivity contribution in [3.8, 4) is 0 Å². The average Bonchev–Trinajstić information content (AvgIpc) is 2.56. The number of aromatic nitrogens is 3. The average molecular weight is 194 g/mol. The summed E-state index contributed by atoms with van der Waals surface area (Å²) in [6.07, 6.45) is 1.10. The minimum absolute atomic E-state index is 0.151. The first-order chi connectivity index (χ1) is 5.61. The van der Waals surface area contributed by atoms with Gasteiger partial charge in [0.1, 0.15) is 17.5 Å². The van der Waals surface area contributed by atoms with Gasteiger partial charge in [-0.2, -0.15) is 5.10 Å². The molecule has 3 nitrogen and oxygen atoms in total. The second-order valence-electron chi connectivity index (χ2n) is 2.84. The minimum atomic E-state index is -2.61. The summed E-state index contributed by atoms with van der Waals surface area (Å²) in [5, 5.41) is 5.26. The van der Waals surface area contributed by atoms with E-state index in [4.69, 9.17) is 11.6 Å². The molecule has 66 valence electrons. The number of hydrogen-bond donors (Lipinski definition) is 1. The Labute approximate surface area is 72.1 Å². The molecule has 0 aliphatic heterocycles. The Morgan fingerprint density at radius 1 is 1.75 bits per heavy atom. The maximum Gasteiger partial charge on any atom is 0.253 e. The molecule has 2 atom stereocenters. The van der Waals surface area contributed by atoms with Gasteiger partial charge in [-0.15, -0.1) is 11.6 Å². The van der Waals surface area contributed by atoms with Crippen LogP contribution in [0.1, 0.15) is 17.6 Å². The first kappa shape index (κ1) is 7.91. The van der Waals surface area contributed by atoms with E-state index < -0.39 is 17.2 Å². The van der Waals surface area contributed by atoms with Crippen LogP contribution in [0, 0.1) is 5.92 Å². The fourth-order valence-corrected chi connectivity index (χ4v) is 1.47. The quantitative estimate of drug-likeness (QED) is 0.727. The van der Waals surface area contributed by atoms with Gasteiger partial charge in [0.05, 0.1) is 5.92 Å². The number of hydrogen-bond acceptors (Lipinski definition) is 2. The van der Waals surface area contributed by atoms with Gasteiger partial charge in [-0.1, -0.05) is 0 Å². The molecule has 1 N–H and O–H groups in total. The molecule has 1 fully saturated rings. The van der Waals surface area contributed by atoms with Crippen LogP contribution in [-0.4, -0.2) is 21.1 Å². The Balaban J connectivity index is 2.08. The molecular formula is C6H6ClF2N3. The van der Waals surface area contributed by atoms with Crippen molar-refractivity contribution in [2.45, 2.75) is 17.7 Å². The van der Waals surface area contributed by atoms with Gasteiger partial charge in [-0.05, 0) is 0 Å². The standard InChI is InChI=1S/C6H6ClF2N3/c7-4(3-1-6(3,8)9)5-10-2-11-12-5/h2-4H,1H2,(H,10,11,12)/t3-,4?/m1/s1. The monoisotopic (exact) mass is 193 g/mol. The van der Waals surface area contributed by atoms with E-state index in [9.17, 15) is 8.78 Å².